The molecule has 2 heterocycles. The molecule has 0 saturated heterocycles. The molecule has 0 bridgehead atoms. The lowest BCUT2D eigenvalue weighted by molar-refractivity contribution is -0.116. The van der Waals surface area contributed by atoms with Crippen LogP contribution in [0.3, 0.4) is 0 Å². The smallest absolute Gasteiger partial charge is 0.243 e. The summed E-state index contributed by atoms with van der Waals surface area (Å²) in [6, 6.07) is 11.5. The Labute approximate surface area is 194 Å². The van der Waals surface area contributed by atoms with Crippen LogP contribution < -0.4 is 19.5 Å². The third kappa shape index (κ3) is 5.12. The molecule has 10 heteroatoms. The van der Waals surface area contributed by atoms with E-state index in [0.717, 1.165) is 27.2 Å². The van der Waals surface area contributed by atoms with E-state index in [0.29, 0.717) is 30.2 Å². The van der Waals surface area contributed by atoms with Gasteiger partial charge >= 0.3 is 0 Å². The lowest BCUT2D eigenvalue weighted by atomic mass is 10.1. The Kier molecular flexibility index (Phi) is 6.84. The molecule has 0 aliphatic carbocycles. The molecule has 33 heavy (non-hydrogen) atoms. The molecule has 0 saturated carbocycles. The standard InChI is InChI=1S/C23H23N5O4S/c1-4-21(29)24-11-16-12-25-28(14-16)13-15-9-18(31-3)22-19(10-15)32-26-23(22)27-33-20-8-6-5-7-17(20)30-2/h4-10,12,14H,1,11,13H2,2-3H3,(H,24,29)(H,26,27). The minimum absolute atomic E-state index is 0.225. The number of benzene rings is 2. The van der Waals surface area contributed by atoms with Gasteiger partial charge in [0.25, 0.3) is 0 Å². The molecule has 4 aromatic rings. The number of para-hydroxylation sites is 1. The Morgan fingerprint density at radius 3 is 2.82 bits per heavy atom. The summed E-state index contributed by atoms with van der Waals surface area (Å²) in [5.74, 6) is 1.73. The number of carbonyl (C=O) groups is 1. The van der Waals surface area contributed by atoms with Crippen molar-refractivity contribution in [1.29, 1.82) is 0 Å². The molecule has 2 N–H and O–H groups in total. The van der Waals surface area contributed by atoms with Gasteiger partial charge in [0, 0.05) is 18.3 Å². The van der Waals surface area contributed by atoms with Crippen molar-refractivity contribution in [3.05, 3.63) is 72.6 Å². The predicted octanol–water partition coefficient (Wildman–Crippen LogP) is 4.01. The van der Waals surface area contributed by atoms with Gasteiger partial charge in [-0.3, -0.25) is 9.48 Å². The van der Waals surface area contributed by atoms with Crippen LogP contribution in [0.2, 0.25) is 0 Å². The van der Waals surface area contributed by atoms with Crippen LogP contribution in [0.25, 0.3) is 11.0 Å². The maximum atomic E-state index is 11.3. The molecular weight excluding hydrogens is 442 g/mol. The topological polar surface area (TPSA) is 103 Å². The minimum Gasteiger partial charge on any atom is -0.496 e. The van der Waals surface area contributed by atoms with Gasteiger partial charge in [0.05, 0.1) is 31.9 Å². The van der Waals surface area contributed by atoms with Gasteiger partial charge < -0.3 is 24.0 Å². The number of amides is 1. The number of aromatic nitrogens is 3. The number of hydrogen-bond acceptors (Lipinski definition) is 8. The van der Waals surface area contributed by atoms with Crippen molar-refractivity contribution in [3.8, 4) is 11.5 Å². The van der Waals surface area contributed by atoms with Crippen LogP contribution in [-0.4, -0.2) is 35.1 Å². The molecule has 170 valence electrons. The highest BCUT2D eigenvalue weighted by Gasteiger charge is 2.17. The average molecular weight is 466 g/mol. The third-order valence-corrected chi connectivity index (χ3v) is 5.68. The molecule has 0 fully saturated rings. The first-order valence-electron chi connectivity index (χ1n) is 10.0. The van der Waals surface area contributed by atoms with Gasteiger partial charge in [-0.1, -0.05) is 23.9 Å². The van der Waals surface area contributed by atoms with Gasteiger partial charge in [-0.25, -0.2) is 0 Å². The zero-order valence-corrected chi connectivity index (χ0v) is 19.0. The molecule has 0 radical (unpaired) electrons. The van der Waals surface area contributed by atoms with Crippen LogP contribution in [0.5, 0.6) is 11.5 Å². The highest BCUT2D eigenvalue weighted by molar-refractivity contribution is 8.00. The monoisotopic (exact) mass is 465 g/mol. The molecule has 9 nitrogen and oxygen atoms in total. The molecule has 0 atom stereocenters. The molecule has 0 aliphatic rings. The quantitative estimate of drug-likeness (QED) is 0.267. The van der Waals surface area contributed by atoms with E-state index in [1.54, 1.807) is 25.1 Å². The van der Waals surface area contributed by atoms with Gasteiger partial charge in [0.15, 0.2) is 11.4 Å². The fourth-order valence-corrected chi connectivity index (χ4v) is 4.00. The number of hydrogen-bond donors (Lipinski definition) is 2. The lowest BCUT2D eigenvalue weighted by Crippen LogP contribution is -2.19. The lowest BCUT2D eigenvalue weighted by Gasteiger charge is -2.09. The van der Waals surface area contributed by atoms with Crippen LogP contribution >= 0.6 is 11.9 Å². The highest BCUT2D eigenvalue weighted by atomic mass is 32.2. The zero-order chi connectivity index (χ0) is 23.2. The first-order valence-corrected chi connectivity index (χ1v) is 10.9. The van der Waals surface area contributed by atoms with Crippen molar-refractivity contribution in [2.45, 2.75) is 18.0 Å². The zero-order valence-electron chi connectivity index (χ0n) is 18.2. The number of nitrogens with zero attached hydrogens (tertiary/aromatic N) is 3. The molecular formula is C23H23N5O4S. The van der Waals surface area contributed by atoms with Gasteiger partial charge in [0.2, 0.25) is 5.91 Å². The Balaban J connectivity index is 1.51. The van der Waals surface area contributed by atoms with Crippen molar-refractivity contribution < 1.29 is 18.8 Å². The fraction of sp³-hybridized carbons (Fsp3) is 0.174. The van der Waals surface area contributed by atoms with Crippen LogP contribution in [0.1, 0.15) is 11.1 Å². The average Bonchev–Trinajstić information content (AvgIpc) is 3.47. The van der Waals surface area contributed by atoms with E-state index in [4.69, 9.17) is 14.0 Å². The second-order valence-corrected chi connectivity index (χ2v) is 7.87. The Morgan fingerprint density at radius 2 is 2.03 bits per heavy atom. The van der Waals surface area contributed by atoms with Crippen molar-refractivity contribution >= 4 is 34.6 Å². The Bertz CT molecular complexity index is 1280. The number of nitrogens with one attached hydrogen (secondary N) is 2. The van der Waals surface area contributed by atoms with Gasteiger partial charge in [0.1, 0.15) is 16.9 Å². The highest BCUT2D eigenvalue weighted by Crippen LogP contribution is 2.37. The molecule has 2 aromatic carbocycles. The number of ether oxygens (including phenoxy) is 2. The molecule has 0 spiro atoms. The van der Waals surface area contributed by atoms with Crippen molar-refractivity contribution in [1.82, 2.24) is 20.3 Å². The normalized spacial score (nSPS) is 10.7. The van der Waals surface area contributed by atoms with E-state index in [9.17, 15) is 4.79 Å². The summed E-state index contributed by atoms with van der Waals surface area (Å²) in [7, 11) is 3.24. The molecule has 4 rings (SSSR count). The van der Waals surface area contributed by atoms with E-state index in [1.807, 2.05) is 42.6 Å². The van der Waals surface area contributed by atoms with Gasteiger partial charge in [-0.15, -0.1) is 0 Å². The second kappa shape index (κ2) is 10.1. The first kappa shape index (κ1) is 22.3. The van der Waals surface area contributed by atoms with E-state index in [1.165, 1.54) is 18.0 Å². The van der Waals surface area contributed by atoms with E-state index in [2.05, 4.69) is 26.9 Å². The summed E-state index contributed by atoms with van der Waals surface area (Å²) in [4.78, 5) is 12.3. The van der Waals surface area contributed by atoms with Crippen molar-refractivity contribution in [2.24, 2.45) is 0 Å². The second-order valence-electron chi connectivity index (χ2n) is 7.03. The van der Waals surface area contributed by atoms with Crippen molar-refractivity contribution in [3.63, 3.8) is 0 Å². The molecule has 1 amide bonds. The summed E-state index contributed by atoms with van der Waals surface area (Å²) in [6.07, 6.45) is 4.82. The Hall–Kier alpha value is -3.92. The van der Waals surface area contributed by atoms with E-state index in [-0.39, 0.29) is 5.91 Å². The van der Waals surface area contributed by atoms with E-state index >= 15 is 0 Å². The minimum atomic E-state index is -0.225. The van der Waals surface area contributed by atoms with Gasteiger partial charge in [-0.05, 0) is 47.9 Å². The van der Waals surface area contributed by atoms with Crippen LogP contribution in [0.4, 0.5) is 5.82 Å². The molecule has 2 aromatic heterocycles. The SMILES string of the molecule is C=CC(=O)NCc1cnn(Cc2cc(OC)c3c(NSc4ccccc4OC)noc3c2)c1. The molecule has 0 unspecified atom stereocenters. The maximum Gasteiger partial charge on any atom is 0.243 e. The van der Waals surface area contributed by atoms with E-state index < -0.39 is 0 Å². The number of methoxy groups -OCH3 is 2. The van der Waals surface area contributed by atoms with Crippen molar-refractivity contribution in [2.75, 3.05) is 18.9 Å². The summed E-state index contributed by atoms with van der Waals surface area (Å²) < 4.78 is 21.6. The number of anilines is 1. The van der Waals surface area contributed by atoms with Crippen LogP contribution in [0, 0.1) is 0 Å². The van der Waals surface area contributed by atoms with Gasteiger partial charge in [-0.2, -0.15) is 5.10 Å². The predicted molar refractivity (Wildman–Crippen MR) is 126 cm³/mol. The fourth-order valence-electron chi connectivity index (χ4n) is 3.25. The largest absolute Gasteiger partial charge is 0.496 e. The number of rotatable bonds is 10. The summed E-state index contributed by atoms with van der Waals surface area (Å²) in [5, 5.41) is 12.0. The number of fused-ring (bicyclic) bond motifs is 1. The van der Waals surface area contributed by atoms with Crippen LogP contribution in [-0.2, 0) is 17.9 Å². The summed E-state index contributed by atoms with van der Waals surface area (Å²) in [5.41, 5.74) is 2.42. The third-order valence-electron chi connectivity index (χ3n) is 4.83. The Morgan fingerprint density at radius 1 is 1.21 bits per heavy atom. The molecule has 0 aliphatic heterocycles. The summed E-state index contributed by atoms with van der Waals surface area (Å²) in [6.45, 7) is 4.33. The maximum absolute atomic E-state index is 11.3. The number of carbonyl (C=O) groups excluding carboxylic acids is 1. The summed E-state index contributed by atoms with van der Waals surface area (Å²) >= 11 is 1.38. The van der Waals surface area contributed by atoms with Crippen LogP contribution in [0.15, 0.2) is 70.9 Å². The first-order chi connectivity index (χ1) is 16.1.